The number of nitrogens with zero attached hydrogens (tertiary/aromatic N) is 3. The number of aromatic nitrogens is 2. The second-order valence-corrected chi connectivity index (χ2v) is 8.94. The van der Waals surface area contributed by atoms with Gasteiger partial charge in [-0.1, -0.05) is 13.8 Å². The van der Waals surface area contributed by atoms with Gasteiger partial charge in [0.1, 0.15) is 5.75 Å². The van der Waals surface area contributed by atoms with Gasteiger partial charge >= 0.3 is 0 Å². The van der Waals surface area contributed by atoms with Crippen LogP contribution in [0.2, 0.25) is 0 Å². The molecule has 1 fully saturated rings. The van der Waals surface area contributed by atoms with Crippen LogP contribution in [0.3, 0.4) is 0 Å². The van der Waals surface area contributed by atoms with E-state index >= 15 is 0 Å². The molecule has 7 nitrogen and oxygen atoms in total. The van der Waals surface area contributed by atoms with Crippen molar-refractivity contribution < 1.29 is 14.3 Å². The lowest BCUT2D eigenvalue weighted by molar-refractivity contribution is -0.128. The quantitative estimate of drug-likeness (QED) is 0.861. The standard InChI is InChI=1S/C22H28N4O3/c1-22(2)10-18(24-21(28)14-9-20(27)25(3)13-14)17-12-23-26(19(17)11-22)15-5-7-16(29-4)8-6-15/h5-8,12,14,18H,9-11,13H2,1-4H3,(H,24,28)/t14-,18-/m1/s1. The summed E-state index contributed by atoms with van der Waals surface area (Å²) in [6, 6.07) is 7.71. The summed E-state index contributed by atoms with van der Waals surface area (Å²) in [6.45, 7) is 4.92. The predicted molar refractivity (Wildman–Crippen MR) is 109 cm³/mol. The molecule has 29 heavy (non-hydrogen) atoms. The molecule has 4 rings (SSSR count). The number of hydrogen-bond donors (Lipinski definition) is 1. The summed E-state index contributed by atoms with van der Waals surface area (Å²) in [5.74, 6) is 0.504. The van der Waals surface area contributed by atoms with Crippen LogP contribution < -0.4 is 10.1 Å². The second kappa shape index (κ2) is 7.21. The lowest BCUT2D eigenvalue weighted by Crippen LogP contribution is -2.40. The van der Waals surface area contributed by atoms with Crippen molar-refractivity contribution in [3.05, 3.63) is 41.7 Å². The molecule has 1 aliphatic heterocycles. The van der Waals surface area contributed by atoms with E-state index < -0.39 is 0 Å². The van der Waals surface area contributed by atoms with Crippen molar-refractivity contribution in [1.29, 1.82) is 0 Å². The van der Waals surface area contributed by atoms with Crippen molar-refractivity contribution in [2.24, 2.45) is 11.3 Å². The predicted octanol–water partition coefficient (Wildman–Crippen LogP) is 2.49. The number of benzene rings is 1. The van der Waals surface area contributed by atoms with Gasteiger partial charge in [-0.15, -0.1) is 0 Å². The number of amides is 2. The lowest BCUT2D eigenvalue weighted by atomic mass is 9.74. The van der Waals surface area contributed by atoms with Gasteiger partial charge in [-0.25, -0.2) is 4.68 Å². The summed E-state index contributed by atoms with van der Waals surface area (Å²) in [7, 11) is 3.40. The molecule has 0 bridgehead atoms. The number of fused-ring (bicyclic) bond motifs is 1. The lowest BCUT2D eigenvalue weighted by Gasteiger charge is -2.36. The van der Waals surface area contributed by atoms with Crippen LogP contribution in [0.25, 0.3) is 5.69 Å². The number of methoxy groups -OCH3 is 1. The Labute approximate surface area is 171 Å². The molecular weight excluding hydrogens is 368 g/mol. The minimum Gasteiger partial charge on any atom is -0.497 e. The van der Waals surface area contributed by atoms with Crippen molar-refractivity contribution in [2.75, 3.05) is 20.7 Å². The molecule has 7 heteroatoms. The molecule has 2 heterocycles. The van der Waals surface area contributed by atoms with Crippen LogP contribution in [0.15, 0.2) is 30.5 Å². The van der Waals surface area contributed by atoms with E-state index in [0.29, 0.717) is 6.54 Å². The second-order valence-electron chi connectivity index (χ2n) is 8.94. The number of carbonyl (C=O) groups excluding carboxylic acids is 2. The van der Waals surface area contributed by atoms with E-state index in [2.05, 4.69) is 24.3 Å². The molecule has 0 saturated carbocycles. The fraction of sp³-hybridized carbons (Fsp3) is 0.500. The van der Waals surface area contributed by atoms with E-state index in [1.807, 2.05) is 35.1 Å². The van der Waals surface area contributed by atoms with Crippen LogP contribution in [0.4, 0.5) is 0 Å². The summed E-state index contributed by atoms with van der Waals surface area (Å²) in [6.07, 6.45) is 3.88. The normalized spacial score (nSPS) is 23.0. The maximum atomic E-state index is 12.8. The van der Waals surface area contributed by atoms with Gasteiger partial charge in [0, 0.05) is 25.6 Å². The van der Waals surface area contributed by atoms with Crippen molar-refractivity contribution in [3.8, 4) is 11.4 Å². The van der Waals surface area contributed by atoms with Gasteiger partial charge < -0.3 is 15.0 Å². The maximum Gasteiger partial charge on any atom is 0.225 e. The van der Waals surface area contributed by atoms with E-state index in [4.69, 9.17) is 4.74 Å². The third kappa shape index (κ3) is 3.73. The van der Waals surface area contributed by atoms with Gasteiger partial charge in [-0.05, 0) is 42.5 Å². The number of rotatable bonds is 4. The molecule has 0 radical (unpaired) electrons. The van der Waals surface area contributed by atoms with Crippen LogP contribution in [-0.4, -0.2) is 47.2 Å². The largest absolute Gasteiger partial charge is 0.497 e. The number of carbonyl (C=O) groups is 2. The van der Waals surface area contributed by atoms with Crippen LogP contribution >= 0.6 is 0 Å². The van der Waals surface area contributed by atoms with Gasteiger partial charge in [-0.2, -0.15) is 5.10 Å². The third-order valence-corrected chi connectivity index (χ3v) is 6.02. The first-order valence-corrected chi connectivity index (χ1v) is 10.0. The Morgan fingerprint density at radius 1 is 1.28 bits per heavy atom. The molecule has 1 saturated heterocycles. The maximum absolute atomic E-state index is 12.8. The number of likely N-dealkylation sites (tertiary alicyclic amines) is 1. The SMILES string of the molecule is COc1ccc(-n2ncc3c2CC(C)(C)C[C@H]3NC(=O)[C@@H]2CC(=O)N(C)C2)cc1. The first-order chi connectivity index (χ1) is 13.8. The highest BCUT2D eigenvalue weighted by molar-refractivity contribution is 5.89. The molecule has 1 aromatic heterocycles. The van der Waals surface area contributed by atoms with Gasteiger partial charge in [0.25, 0.3) is 0 Å². The molecule has 1 aromatic carbocycles. The zero-order valence-electron chi connectivity index (χ0n) is 17.4. The van der Waals surface area contributed by atoms with Gasteiger partial charge in [-0.3, -0.25) is 9.59 Å². The number of hydrogen-bond acceptors (Lipinski definition) is 4. The van der Waals surface area contributed by atoms with Crippen molar-refractivity contribution >= 4 is 11.8 Å². The average Bonchev–Trinajstić information content (AvgIpc) is 3.24. The zero-order chi connectivity index (χ0) is 20.8. The summed E-state index contributed by atoms with van der Waals surface area (Å²) in [5, 5.41) is 7.84. The Bertz CT molecular complexity index is 932. The van der Waals surface area contributed by atoms with Crippen molar-refractivity contribution in [3.63, 3.8) is 0 Å². The van der Waals surface area contributed by atoms with Crippen LogP contribution in [-0.2, 0) is 16.0 Å². The highest BCUT2D eigenvalue weighted by Crippen LogP contribution is 2.41. The molecule has 0 unspecified atom stereocenters. The topological polar surface area (TPSA) is 76.5 Å². The zero-order valence-corrected chi connectivity index (χ0v) is 17.4. The first-order valence-electron chi connectivity index (χ1n) is 10.0. The third-order valence-electron chi connectivity index (χ3n) is 6.02. The van der Waals surface area contributed by atoms with E-state index in [1.54, 1.807) is 19.1 Å². The fourth-order valence-corrected chi connectivity index (χ4v) is 4.45. The Hall–Kier alpha value is -2.83. The minimum absolute atomic E-state index is 0.0253. The number of nitrogens with one attached hydrogen (secondary N) is 1. The Balaban J connectivity index is 1.61. The van der Waals surface area contributed by atoms with Crippen LogP contribution in [0.5, 0.6) is 5.75 Å². The molecule has 2 amide bonds. The van der Waals surface area contributed by atoms with E-state index in [1.165, 1.54) is 0 Å². The summed E-state index contributed by atoms with van der Waals surface area (Å²) in [5.41, 5.74) is 3.18. The molecule has 2 atom stereocenters. The molecule has 1 aliphatic carbocycles. The smallest absolute Gasteiger partial charge is 0.225 e. The summed E-state index contributed by atoms with van der Waals surface area (Å²) >= 11 is 0. The van der Waals surface area contributed by atoms with Gasteiger partial charge in [0.05, 0.1) is 36.6 Å². The van der Waals surface area contributed by atoms with Crippen molar-refractivity contribution in [1.82, 2.24) is 20.0 Å². The number of ether oxygens (including phenoxy) is 1. The average molecular weight is 396 g/mol. The minimum atomic E-state index is -0.280. The summed E-state index contributed by atoms with van der Waals surface area (Å²) < 4.78 is 7.21. The summed E-state index contributed by atoms with van der Waals surface area (Å²) in [4.78, 5) is 26.3. The first kappa shape index (κ1) is 19.5. The molecule has 2 aromatic rings. The Kier molecular flexibility index (Phi) is 4.84. The molecular formula is C22H28N4O3. The molecule has 154 valence electrons. The van der Waals surface area contributed by atoms with E-state index in [0.717, 1.165) is 35.5 Å². The highest BCUT2D eigenvalue weighted by atomic mass is 16.5. The van der Waals surface area contributed by atoms with E-state index in [-0.39, 0.29) is 35.6 Å². The Morgan fingerprint density at radius 2 is 2.00 bits per heavy atom. The highest BCUT2D eigenvalue weighted by Gasteiger charge is 2.38. The fourth-order valence-electron chi connectivity index (χ4n) is 4.45. The van der Waals surface area contributed by atoms with Gasteiger partial charge in [0.2, 0.25) is 11.8 Å². The Morgan fingerprint density at radius 3 is 2.62 bits per heavy atom. The van der Waals surface area contributed by atoms with Gasteiger partial charge in [0.15, 0.2) is 0 Å². The van der Waals surface area contributed by atoms with E-state index in [9.17, 15) is 9.59 Å². The molecule has 2 aliphatic rings. The van der Waals surface area contributed by atoms with Crippen molar-refractivity contribution in [2.45, 2.75) is 39.2 Å². The molecule has 0 spiro atoms. The monoisotopic (exact) mass is 396 g/mol. The van der Waals surface area contributed by atoms with Crippen LogP contribution in [0.1, 0.15) is 44.0 Å². The molecule has 1 N–H and O–H groups in total. The van der Waals surface area contributed by atoms with Crippen LogP contribution in [0, 0.1) is 11.3 Å².